The average Bonchev–Trinajstić information content (AvgIpc) is 2.22. The van der Waals surface area contributed by atoms with Crippen molar-refractivity contribution < 1.29 is 61.8 Å². The Morgan fingerprint density at radius 2 is 0.864 bits per heavy atom. The Kier molecular flexibility index (Phi) is 12.1. The lowest BCUT2D eigenvalue weighted by Gasteiger charge is -1.97. The molecule has 0 fully saturated rings. The van der Waals surface area contributed by atoms with Gasteiger partial charge in [0.1, 0.15) is 0 Å². The number of rotatable bonds is 3. The van der Waals surface area contributed by atoms with Gasteiger partial charge in [0.2, 0.25) is 0 Å². The van der Waals surface area contributed by atoms with Gasteiger partial charge >= 0.3 is 31.3 Å². The van der Waals surface area contributed by atoms with Crippen LogP contribution in [-0.2, 0) is 29.7 Å². The first-order valence-corrected chi connectivity index (χ1v) is 7.35. The Labute approximate surface area is 121 Å². The largest absolute Gasteiger partial charge is 0.522 e. The third-order valence-electron chi connectivity index (χ3n) is 1.08. The zero-order chi connectivity index (χ0) is 18.8. The molecule has 138 valence electrons. The van der Waals surface area contributed by atoms with E-state index < -0.39 is 31.3 Å². The predicted octanol–water partition coefficient (Wildman–Crippen LogP) is 1.07. The molecular formula is C6H12F6O8S2. The molecule has 0 aliphatic carbocycles. The fourth-order valence-corrected chi connectivity index (χ4v) is 0.167. The fourth-order valence-electron chi connectivity index (χ4n) is 0.167. The monoisotopic (exact) mass is 390 g/mol. The maximum atomic E-state index is 10.7. The number of alkyl halides is 6. The summed E-state index contributed by atoms with van der Waals surface area (Å²) in [5.41, 5.74) is -11.1. The minimum absolute atomic E-state index is 0.691. The molecule has 0 heterocycles. The minimum Gasteiger partial charge on any atom is -0.382 e. The quantitative estimate of drug-likeness (QED) is 0.317. The molecule has 0 spiro atoms. The average molecular weight is 390 g/mol. The molecule has 22 heavy (non-hydrogen) atoms. The van der Waals surface area contributed by atoms with Crippen molar-refractivity contribution in [3.05, 3.63) is 0 Å². The van der Waals surface area contributed by atoms with E-state index in [0.29, 0.717) is 13.2 Å². The summed E-state index contributed by atoms with van der Waals surface area (Å²) in [6.07, 6.45) is 0. The van der Waals surface area contributed by atoms with Gasteiger partial charge in [0.05, 0.1) is 13.2 Å². The molecule has 0 aromatic rings. The standard InChI is InChI=1S/C4H10O2.2CHF3O3S/c1-5-3-4-6-2;2*2-1(3,4)8(5,6)7/h3-4H2,1-2H3;2*(H,5,6,7). The first-order valence-electron chi connectivity index (χ1n) is 4.47. The van der Waals surface area contributed by atoms with Crippen LogP contribution in [-0.4, -0.2) is 64.4 Å². The minimum atomic E-state index is -5.84. The van der Waals surface area contributed by atoms with Crippen molar-refractivity contribution in [2.45, 2.75) is 11.0 Å². The van der Waals surface area contributed by atoms with E-state index in [-0.39, 0.29) is 0 Å². The number of halogens is 6. The van der Waals surface area contributed by atoms with Crippen LogP contribution in [0.4, 0.5) is 26.3 Å². The molecule has 8 nitrogen and oxygen atoms in total. The molecule has 16 heteroatoms. The third-order valence-corrected chi connectivity index (χ3v) is 2.25. The molecule has 0 aliphatic heterocycles. The maximum absolute atomic E-state index is 10.7. The van der Waals surface area contributed by atoms with Gasteiger partial charge in [-0.15, -0.1) is 0 Å². The summed E-state index contributed by atoms with van der Waals surface area (Å²) >= 11 is 0. The summed E-state index contributed by atoms with van der Waals surface area (Å²) in [6, 6.07) is 0. The maximum Gasteiger partial charge on any atom is 0.522 e. The van der Waals surface area contributed by atoms with Crippen molar-refractivity contribution in [3.8, 4) is 0 Å². The number of hydrogen-bond acceptors (Lipinski definition) is 6. The molecule has 0 aliphatic rings. The highest BCUT2D eigenvalue weighted by atomic mass is 32.2. The summed E-state index contributed by atoms with van der Waals surface area (Å²) < 4.78 is 124. The molecule has 0 rings (SSSR count). The Balaban J connectivity index is -0.000000249. The second kappa shape index (κ2) is 10.2. The molecular weight excluding hydrogens is 378 g/mol. The van der Waals surface area contributed by atoms with E-state index in [1.54, 1.807) is 14.2 Å². The van der Waals surface area contributed by atoms with E-state index in [4.69, 9.17) is 25.9 Å². The highest BCUT2D eigenvalue weighted by Crippen LogP contribution is 2.21. The van der Waals surface area contributed by atoms with Crippen LogP contribution in [0.3, 0.4) is 0 Å². The molecule has 0 radical (unpaired) electrons. The van der Waals surface area contributed by atoms with Crippen molar-refractivity contribution in [2.24, 2.45) is 0 Å². The lowest BCUT2D eigenvalue weighted by atomic mass is 10.8. The van der Waals surface area contributed by atoms with E-state index in [1.807, 2.05) is 0 Å². The van der Waals surface area contributed by atoms with E-state index >= 15 is 0 Å². The second-order valence-electron chi connectivity index (χ2n) is 2.83. The van der Waals surface area contributed by atoms with Gasteiger partial charge in [0, 0.05) is 14.2 Å². The topological polar surface area (TPSA) is 127 Å². The molecule has 0 saturated heterocycles. The van der Waals surface area contributed by atoms with Crippen LogP contribution in [0.2, 0.25) is 0 Å². The van der Waals surface area contributed by atoms with Crippen molar-refractivity contribution >= 4 is 20.2 Å². The Hall–Kier alpha value is -0.680. The van der Waals surface area contributed by atoms with Gasteiger partial charge in [-0.1, -0.05) is 0 Å². The Morgan fingerprint density at radius 1 is 0.727 bits per heavy atom. The van der Waals surface area contributed by atoms with E-state index in [2.05, 4.69) is 9.47 Å². The normalized spacial score (nSPS) is 12.6. The molecule has 0 aromatic heterocycles. The third kappa shape index (κ3) is 15.7. The first-order chi connectivity index (χ1) is 9.41. The summed E-state index contributed by atoms with van der Waals surface area (Å²) in [5.74, 6) is 0. The van der Waals surface area contributed by atoms with Crippen LogP contribution in [0.5, 0.6) is 0 Å². The first kappa shape index (κ1) is 26.2. The smallest absolute Gasteiger partial charge is 0.382 e. The van der Waals surface area contributed by atoms with Gasteiger partial charge in [-0.05, 0) is 0 Å². The fraction of sp³-hybridized carbons (Fsp3) is 1.00. The number of methoxy groups -OCH3 is 2. The highest BCUT2D eigenvalue weighted by molar-refractivity contribution is 7.86. The van der Waals surface area contributed by atoms with Crippen LogP contribution >= 0.6 is 0 Å². The molecule has 0 saturated carbocycles. The van der Waals surface area contributed by atoms with Gasteiger partial charge in [0.25, 0.3) is 0 Å². The molecule has 0 amide bonds. The molecule has 0 bridgehead atoms. The Morgan fingerprint density at radius 3 is 0.909 bits per heavy atom. The van der Waals surface area contributed by atoms with Crippen molar-refractivity contribution in [3.63, 3.8) is 0 Å². The molecule has 0 atom stereocenters. The van der Waals surface area contributed by atoms with Gasteiger partial charge in [-0.2, -0.15) is 43.2 Å². The molecule has 0 aromatic carbocycles. The van der Waals surface area contributed by atoms with Crippen LogP contribution < -0.4 is 0 Å². The number of ether oxygens (including phenoxy) is 2. The van der Waals surface area contributed by atoms with Crippen LogP contribution in [0.25, 0.3) is 0 Å². The second-order valence-corrected chi connectivity index (χ2v) is 5.65. The van der Waals surface area contributed by atoms with Gasteiger partial charge in [-0.25, -0.2) is 0 Å². The zero-order valence-electron chi connectivity index (χ0n) is 10.8. The molecule has 0 unspecified atom stereocenters. The lowest BCUT2D eigenvalue weighted by Crippen LogP contribution is -2.21. The van der Waals surface area contributed by atoms with Crippen LogP contribution in [0, 0.1) is 0 Å². The summed E-state index contributed by atoms with van der Waals surface area (Å²) in [7, 11) is -8.38. The zero-order valence-corrected chi connectivity index (χ0v) is 12.5. The highest BCUT2D eigenvalue weighted by Gasteiger charge is 2.45. The van der Waals surface area contributed by atoms with Crippen LogP contribution in [0.1, 0.15) is 0 Å². The number of hydrogen-bond donors (Lipinski definition) is 2. The van der Waals surface area contributed by atoms with Crippen molar-refractivity contribution in [1.82, 2.24) is 0 Å². The SMILES string of the molecule is COCCOC.O=S(=O)(O)C(F)(F)F.O=S(=O)(O)C(F)(F)F. The van der Waals surface area contributed by atoms with Gasteiger partial charge in [-0.3, -0.25) is 9.11 Å². The summed E-state index contributed by atoms with van der Waals surface area (Å²) in [5, 5.41) is 0. The predicted molar refractivity (Wildman–Crippen MR) is 59.0 cm³/mol. The van der Waals surface area contributed by atoms with Gasteiger partial charge < -0.3 is 9.47 Å². The molecule has 2 N–H and O–H groups in total. The summed E-state index contributed by atoms with van der Waals surface area (Å²) in [6.45, 7) is 1.38. The Bertz CT molecular complexity index is 432. The van der Waals surface area contributed by atoms with E-state index in [9.17, 15) is 26.3 Å². The van der Waals surface area contributed by atoms with E-state index in [0.717, 1.165) is 0 Å². The van der Waals surface area contributed by atoms with Gasteiger partial charge in [0.15, 0.2) is 0 Å². The lowest BCUT2D eigenvalue weighted by molar-refractivity contribution is -0.0514. The van der Waals surface area contributed by atoms with E-state index in [1.165, 1.54) is 0 Å². The van der Waals surface area contributed by atoms with Crippen molar-refractivity contribution in [2.75, 3.05) is 27.4 Å². The summed E-state index contributed by atoms with van der Waals surface area (Å²) in [4.78, 5) is 0. The van der Waals surface area contributed by atoms with Crippen molar-refractivity contribution in [1.29, 1.82) is 0 Å². The van der Waals surface area contributed by atoms with Crippen LogP contribution in [0.15, 0.2) is 0 Å².